The minimum absolute atomic E-state index is 0.313. The number of benzene rings is 1. The van der Waals surface area contributed by atoms with E-state index in [1.807, 2.05) is 18.3 Å². The first-order valence-electron chi connectivity index (χ1n) is 8.78. The van der Waals surface area contributed by atoms with E-state index in [0.717, 1.165) is 16.5 Å². The average molecular weight is 360 g/mol. The number of rotatable bonds is 5. The van der Waals surface area contributed by atoms with Crippen LogP contribution in [0.25, 0.3) is 10.9 Å². The standard InChI is InChI=1S/C20H28N2O4/c1-12(2)14-8-7-9-15-13(11-21-17(14)15)10-16(18(23)25-6)22-19(24)26-20(3,4)5/h7-9,11-12,16,21H,10H2,1-6H3,(H,22,24). The number of aromatic amines is 1. The largest absolute Gasteiger partial charge is 0.467 e. The third-order valence-electron chi connectivity index (χ3n) is 4.06. The van der Waals surface area contributed by atoms with Gasteiger partial charge in [0.1, 0.15) is 11.6 Å². The highest BCUT2D eigenvalue weighted by Crippen LogP contribution is 2.27. The van der Waals surface area contributed by atoms with Crippen LogP contribution in [0.5, 0.6) is 0 Å². The molecule has 2 aromatic rings. The summed E-state index contributed by atoms with van der Waals surface area (Å²) in [4.78, 5) is 27.5. The summed E-state index contributed by atoms with van der Waals surface area (Å²) in [5, 5.41) is 3.65. The van der Waals surface area contributed by atoms with E-state index in [2.05, 4.69) is 30.2 Å². The zero-order valence-corrected chi connectivity index (χ0v) is 16.3. The van der Waals surface area contributed by atoms with Crippen LogP contribution in [0.3, 0.4) is 0 Å². The van der Waals surface area contributed by atoms with Crippen LogP contribution in [0, 0.1) is 0 Å². The number of alkyl carbamates (subject to hydrolysis) is 1. The molecule has 0 aliphatic carbocycles. The molecule has 1 aromatic carbocycles. The molecule has 2 rings (SSSR count). The Bertz CT molecular complexity index is 787. The van der Waals surface area contributed by atoms with Crippen LogP contribution in [0.1, 0.15) is 51.7 Å². The summed E-state index contributed by atoms with van der Waals surface area (Å²) in [6, 6.07) is 5.28. The molecule has 0 aliphatic heterocycles. The van der Waals surface area contributed by atoms with Gasteiger partial charge in [-0.3, -0.25) is 0 Å². The molecule has 2 N–H and O–H groups in total. The van der Waals surface area contributed by atoms with Crippen molar-refractivity contribution in [1.82, 2.24) is 10.3 Å². The predicted molar refractivity (Wildman–Crippen MR) is 101 cm³/mol. The molecule has 0 aliphatic rings. The van der Waals surface area contributed by atoms with Gasteiger partial charge in [0.05, 0.1) is 7.11 Å². The topological polar surface area (TPSA) is 80.4 Å². The Balaban J connectivity index is 2.26. The lowest BCUT2D eigenvalue weighted by molar-refractivity contribution is -0.143. The highest BCUT2D eigenvalue weighted by molar-refractivity contribution is 5.88. The molecule has 6 nitrogen and oxygen atoms in total. The molecular formula is C20H28N2O4. The molecule has 0 saturated heterocycles. The Morgan fingerprint density at radius 1 is 1.23 bits per heavy atom. The number of aromatic nitrogens is 1. The number of nitrogens with one attached hydrogen (secondary N) is 2. The number of para-hydroxylation sites is 1. The molecule has 1 amide bonds. The van der Waals surface area contributed by atoms with Gasteiger partial charge in [0.25, 0.3) is 0 Å². The van der Waals surface area contributed by atoms with Gasteiger partial charge in [-0.05, 0) is 37.8 Å². The van der Waals surface area contributed by atoms with Crippen LogP contribution in [0.2, 0.25) is 0 Å². The number of ether oxygens (including phenoxy) is 2. The van der Waals surface area contributed by atoms with Crippen molar-refractivity contribution in [3.8, 4) is 0 Å². The fourth-order valence-electron chi connectivity index (χ4n) is 2.89. The Labute approximate surface area is 154 Å². The number of fused-ring (bicyclic) bond motifs is 1. The third-order valence-corrected chi connectivity index (χ3v) is 4.06. The molecule has 1 aromatic heterocycles. The van der Waals surface area contributed by atoms with E-state index in [-0.39, 0.29) is 0 Å². The molecule has 0 bridgehead atoms. The van der Waals surface area contributed by atoms with E-state index in [0.29, 0.717) is 12.3 Å². The molecule has 26 heavy (non-hydrogen) atoms. The summed E-state index contributed by atoms with van der Waals surface area (Å²) in [5.74, 6) is -0.133. The van der Waals surface area contributed by atoms with E-state index in [9.17, 15) is 9.59 Å². The van der Waals surface area contributed by atoms with Crippen molar-refractivity contribution in [3.05, 3.63) is 35.5 Å². The van der Waals surface area contributed by atoms with Gasteiger partial charge in [0, 0.05) is 23.5 Å². The molecule has 0 spiro atoms. The minimum Gasteiger partial charge on any atom is -0.467 e. The van der Waals surface area contributed by atoms with Crippen molar-refractivity contribution in [1.29, 1.82) is 0 Å². The molecular weight excluding hydrogens is 332 g/mol. The maximum atomic E-state index is 12.1. The quantitative estimate of drug-likeness (QED) is 0.793. The van der Waals surface area contributed by atoms with Gasteiger partial charge in [-0.1, -0.05) is 32.0 Å². The maximum Gasteiger partial charge on any atom is 0.408 e. The van der Waals surface area contributed by atoms with E-state index in [4.69, 9.17) is 9.47 Å². The minimum atomic E-state index is -0.823. The van der Waals surface area contributed by atoms with E-state index < -0.39 is 23.7 Å². The number of hydrogen-bond acceptors (Lipinski definition) is 4. The lowest BCUT2D eigenvalue weighted by atomic mass is 9.98. The molecule has 0 radical (unpaired) electrons. The zero-order valence-electron chi connectivity index (χ0n) is 16.3. The normalized spacial score (nSPS) is 12.9. The van der Waals surface area contributed by atoms with Crippen LogP contribution in [-0.4, -0.2) is 35.8 Å². The highest BCUT2D eigenvalue weighted by Gasteiger charge is 2.26. The first-order valence-corrected chi connectivity index (χ1v) is 8.78. The van der Waals surface area contributed by atoms with E-state index >= 15 is 0 Å². The van der Waals surface area contributed by atoms with Gasteiger partial charge < -0.3 is 19.8 Å². The van der Waals surface area contributed by atoms with Gasteiger partial charge in [0.15, 0.2) is 0 Å². The Kier molecular flexibility index (Phi) is 5.95. The van der Waals surface area contributed by atoms with Crippen LogP contribution in [-0.2, 0) is 20.7 Å². The molecule has 1 atom stereocenters. The predicted octanol–water partition coefficient (Wildman–Crippen LogP) is 3.90. The van der Waals surface area contributed by atoms with Crippen molar-refractivity contribution in [2.24, 2.45) is 0 Å². The van der Waals surface area contributed by atoms with Crippen LogP contribution in [0.15, 0.2) is 24.4 Å². The number of methoxy groups -OCH3 is 1. The number of carbonyl (C=O) groups excluding carboxylic acids is 2. The van der Waals surface area contributed by atoms with Gasteiger partial charge >= 0.3 is 12.1 Å². The number of H-pyrrole nitrogens is 1. The smallest absolute Gasteiger partial charge is 0.408 e. The first kappa shape index (κ1) is 19.8. The summed E-state index contributed by atoms with van der Waals surface area (Å²) in [6.07, 6.45) is 1.55. The second kappa shape index (κ2) is 7.81. The van der Waals surface area contributed by atoms with Crippen molar-refractivity contribution >= 4 is 23.0 Å². The van der Waals surface area contributed by atoms with E-state index in [1.165, 1.54) is 12.7 Å². The molecule has 1 heterocycles. The highest BCUT2D eigenvalue weighted by atomic mass is 16.6. The zero-order chi connectivity index (χ0) is 19.5. The Hall–Kier alpha value is -2.50. The number of hydrogen-bond donors (Lipinski definition) is 2. The van der Waals surface area contributed by atoms with Crippen molar-refractivity contribution in [3.63, 3.8) is 0 Å². The molecule has 0 fully saturated rings. The number of amides is 1. The Morgan fingerprint density at radius 3 is 2.50 bits per heavy atom. The fraction of sp³-hybridized carbons (Fsp3) is 0.500. The lowest BCUT2D eigenvalue weighted by Gasteiger charge is -2.22. The average Bonchev–Trinajstić information content (AvgIpc) is 2.94. The van der Waals surface area contributed by atoms with Crippen LogP contribution >= 0.6 is 0 Å². The van der Waals surface area contributed by atoms with Crippen LogP contribution in [0.4, 0.5) is 4.79 Å². The summed E-state index contributed by atoms with van der Waals surface area (Å²) < 4.78 is 10.1. The summed E-state index contributed by atoms with van der Waals surface area (Å²) in [5.41, 5.74) is 2.56. The lowest BCUT2D eigenvalue weighted by Crippen LogP contribution is -2.45. The summed E-state index contributed by atoms with van der Waals surface area (Å²) >= 11 is 0. The van der Waals surface area contributed by atoms with E-state index in [1.54, 1.807) is 20.8 Å². The number of esters is 1. The SMILES string of the molecule is COC(=O)C(Cc1c[nH]c2c(C(C)C)cccc12)NC(=O)OC(C)(C)C. The maximum absolute atomic E-state index is 12.1. The van der Waals surface area contributed by atoms with Crippen molar-refractivity contribution in [2.45, 2.75) is 58.6 Å². The van der Waals surface area contributed by atoms with Gasteiger partial charge in [-0.2, -0.15) is 0 Å². The van der Waals surface area contributed by atoms with Gasteiger partial charge in [0.2, 0.25) is 0 Å². The van der Waals surface area contributed by atoms with Crippen molar-refractivity contribution < 1.29 is 19.1 Å². The molecule has 6 heteroatoms. The molecule has 1 unspecified atom stereocenters. The molecule has 0 saturated carbocycles. The second-order valence-electron chi connectivity index (χ2n) is 7.66. The third kappa shape index (κ3) is 4.77. The Morgan fingerprint density at radius 2 is 1.92 bits per heavy atom. The van der Waals surface area contributed by atoms with Gasteiger partial charge in [-0.25, -0.2) is 9.59 Å². The second-order valence-corrected chi connectivity index (χ2v) is 7.66. The summed E-state index contributed by atoms with van der Waals surface area (Å²) in [6.45, 7) is 9.58. The van der Waals surface area contributed by atoms with Crippen LogP contribution < -0.4 is 5.32 Å². The van der Waals surface area contributed by atoms with Crippen molar-refractivity contribution in [2.75, 3.05) is 7.11 Å². The monoisotopic (exact) mass is 360 g/mol. The van der Waals surface area contributed by atoms with Gasteiger partial charge in [-0.15, -0.1) is 0 Å². The summed E-state index contributed by atoms with van der Waals surface area (Å²) in [7, 11) is 1.30. The number of carbonyl (C=O) groups is 2. The fourth-order valence-corrected chi connectivity index (χ4v) is 2.89. The molecule has 142 valence electrons. The first-order chi connectivity index (χ1) is 12.1.